The molecular weight excluding hydrogens is 471 g/mol. The number of allylic oxidation sites excluding steroid dienone is 1. The average molecular weight is 494 g/mol. The highest BCUT2D eigenvalue weighted by Gasteiger charge is 2.60. The SMILES string of the molecule is CCNC(=O)[C@H]1O[C@@H](n2cnc3c(N)nc(N/N=C/[C@H]4CCC=CO4)nc32)[C@@H]2OP(=O)(O)O[C@@H]21. The van der Waals surface area contributed by atoms with E-state index in [9.17, 15) is 14.3 Å². The first-order chi connectivity index (χ1) is 16.4. The third-order valence-electron chi connectivity index (χ3n) is 5.40. The van der Waals surface area contributed by atoms with Crippen molar-refractivity contribution in [2.75, 3.05) is 17.7 Å². The van der Waals surface area contributed by atoms with E-state index in [1.54, 1.807) is 19.4 Å². The van der Waals surface area contributed by atoms with Crippen LogP contribution in [0.4, 0.5) is 11.8 Å². The van der Waals surface area contributed by atoms with Gasteiger partial charge in [0.1, 0.15) is 23.8 Å². The van der Waals surface area contributed by atoms with E-state index in [4.69, 9.17) is 24.3 Å². The van der Waals surface area contributed by atoms with Crippen molar-refractivity contribution in [1.29, 1.82) is 0 Å². The quantitative estimate of drug-likeness (QED) is 0.246. The van der Waals surface area contributed by atoms with Crippen LogP contribution in [0.5, 0.6) is 0 Å². The highest BCUT2D eigenvalue weighted by molar-refractivity contribution is 7.47. The maximum atomic E-state index is 12.5. The second kappa shape index (κ2) is 8.92. The number of hydrogen-bond acceptors (Lipinski definition) is 12. The molecule has 5 N–H and O–H groups in total. The molecule has 6 atom stereocenters. The van der Waals surface area contributed by atoms with Crippen molar-refractivity contribution in [1.82, 2.24) is 24.8 Å². The lowest BCUT2D eigenvalue weighted by Crippen LogP contribution is -2.41. The number of carbonyl (C=O) groups is 1. The van der Waals surface area contributed by atoms with Gasteiger partial charge in [-0.1, -0.05) is 0 Å². The molecule has 0 radical (unpaired) electrons. The lowest BCUT2D eigenvalue weighted by molar-refractivity contribution is -0.137. The molecule has 2 fully saturated rings. The number of imidazole rings is 1. The summed E-state index contributed by atoms with van der Waals surface area (Å²) in [6, 6.07) is 0. The predicted octanol–water partition coefficient (Wildman–Crippen LogP) is 0.417. The Labute approximate surface area is 192 Å². The maximum Gasteiger partial charge on any atom is 0.473 e. The number of carbonyl (C=O) groups excluding carboxylic acids is 1. The Balaban J connectivity index is 1.43. The fraction of sp³-hybridized carbons (Fsp3) is 0.500. The first kappa shape index (κ1) is 22.7. The molecule has 2 aromatic heterocycles. The Kier molecular flexibility index (Phi) is 5.95. The average Bonchev–Trinajstić information content (AvgIpc) is 3.45. The van der Waals surface area contributed by atoms with Gasteiger partial charge in [-0.05, 0) is 25.8 Å². The smallest absolute Gasteiger partial charge is 0.473 e. The molecule has 1 unspecified atom stereocenters. The van der Waals surface area contributed by atoms with Crippen molar-refractivity contribution >= 4 is 42.9 Å². The molecule has 0 aliphatic carbocycles. The van der Waals surface area contributed by atoms with E-state index in [-0.39, 0.29) is 29.0 Å². The fourth-order valence-corrected chi connectivity index (χ4v) is 5.04. The Morgan fingerprint density at radius 1 is 1.41 bits per heavy atom. The zero-order valence-corrected chi connectivity index (χ0v) is 18.9. The van der Waals surface area contributed by atoms with E-state index >= 15 is 0 Å². The number of nitrogens with one attached hydrogen (secondary N) is 2. The molecule has 34 heavy (non-hydrogen) atoms. The van der Waals surface area contributed by atoms with Crippen LogP contribution in [-0.2, 0) is 27.9 Å². The van der Waals surface area contributed by atoms with Crippen LogP contribution in [0.2, 0.25) is 0 Å². The lowest BCUT2D eigenvalue weighted by Gasteiger charge is -2.19. The summed E-state index contributed by atoms with van der Waals surface area (Å²) in [5, 5.41) is 6.73. The molecule has 0 aromatic carbocycles. The van der Waals surface area contributed by atoms with Crippen molar-refractivity contribution in [3.8, 4) is 0 Å². The van der Waals surface area contributed by atoms with Crippen LogP contribution in [0.1, 0.15) is 26.0 Å². The minimum atomic E-state index is -4.36. The number of amides is 1. The van der Waals surface area contributed by atoms with E-state index in [0.717, 1.165) is 12.8 Å². The predicted molar refractivity (Wildman–Crippen MR) is 117 cm³/mol. The summed E-state index contributed by atoms with van der Waals surface area (Å²) >= 11 is 0. The molecule has 2 saturated heterocycles. The summed E-state index contributed by atoms with van der Waals surface area (Å²) < 4.78 is 35.2. The summed E-state index contributed by atoms with van der Waals surface area (Å²) in [6.45, 7) is 2.08. The Bertz CT molecular complexity index is 1200. The molecule has 1 amide bonds. The number of nitrogens with two attached hydrogens (primary N) is 1. The topological polar surface area (TPSA) is 197 Å². The van der Waals surface area contributed by atoms with Crippen molar-refractivity contribution in [3.05, 3.63) is 18.7 Å². The van der Waals surface area contributed by atoms with E-state index in [2.05, 4.69) is 30.8 Å². The Morgan fingerprint density at radius 2 is 2.24 bits per heavy atom. The molecule has 0 spiro atoms. The van der Waals surface area contributed by atoms with Crippen LogP contribution < -0.4 is 16.5 Å². The number of likely N-dealkylation sites (N-methyl/N-ethyl adjacent to an activating group) is 1. The zero-order valence-electron chi connectivity index (χ0n) is 18.0. The van der Waals surface area contributed by atoms with Crippen molar-refractivity contribution < 1.29 is 32.8 Å². The molecule has 0 saturated carbocycles. The number of phosphoric acid groups is 1. The zero-order chi connectivity index (χ0) is 23.9. The number of rotatable bonds is 6. The molecular formula is C18H23N8O7P. The molecule has 3 aliphatic rings. The number of fused-ring (bicyclic) bond motifs is 2. The summed E-state index contributed by atoms with van der Waals surface area (Å²) in [4.78, 5) is 35.1. The highest BCUT2D eigenvalue weighted by Crippen LogP contribution is 2.58. The van der Waals surface area contributed by atoms with E-state index in [1.807, 2.05) is 6.08 Å². The summed E-state index contributed by atoms with van der Waals surface area (Å²) in [5.74, 6) is -0.342. The molecule has 15 nitrogen and oxygen atoms in total. The second-order valence-corrected chi connectivity index (χ2v) is 9.08. The standard InChI is InChI=1S/C18H23N8O7P/c1-2-20-16(27)12-11-13(33-34(28,29)32-11)17(31-12)26-8-21-10-14(19)23-18(24-15(10)26)25-22-7-9-5-3-4-6-30-9/h4,6-9,11-13,17H,2-3,5H2,1H3,(H,20,27)(H,28,29)(H3,19,23,24,25)/b22-7+/t9-,11-,12+,13-,17-/m1/s1. The van der Waals surface area contributed by atoms with Gasteiger partial charge in [0.15, 0.2) is 23.8 Å². The second-order valence-electron chi connectivity index (χ2n) is 7.72. The normalized spacial score (nSPS) is 32.7. The molecule has 2 aromatic rings. The first-order valence-electron chi connectivity index (χ1n) is 10.6. The highest BCUT2D eigenvalue weighted by atomic mass is 31.2. The number of aromatic nitrogens is 4. The molecule has 3 aliphatic heterocycles. The van der Waals surface area contributed by atoms with Gasteiger partial charge in [0.05, 0.1) is 18.8 Å². The van der Waals surface area contributed by atoms with E-state index in [1.165, 1.54) is 10.9 Å². The Morgan fingerprint density at radius 3 is 3.00 bits per heavy atom. The minimum Gasteiger partial charge on any atom is -0.493 e. The Hall–Kier alpha value is -3.10. The van der Waals surface area contributed by atoms with Crippen LogP contribution in [0, 0.1) is 0 Å². The molecule has 182 valence electrons. The van der Waals surface area contributed by atoms with Gasteiger partial charge in [-0.3, -0.25) is 18.4 Å². The van der Waals surface area contributed by atoms with Crippen LogP contribution >= 0.6 is 7.82 Å². The van der Waals surface area contributed by atoms with Gasteiger partial charge in [-0.25, -0.2) is 15.0 Å². The van der Waals surface area contributed by atoms with Crippen molar-refractivity contribution in [3.63, 3.8) is 0 Å². The van der Waals surface area contributed by atoms with Gasteiger partial charge < -0.3 is 25.4 Å². The number of hydrazone groups is 1. The number of anilines is 2. The van der Waals surface area contributed by atoms with Gasteiger partial charge in [0.25, 0.3) is 5.91 Å². The third kappa shape index (κ3) is 4.23. The lowest BCUT2D eigenvalue weighted by atomic mass is 10.1. The van der Waals surface area contributed by atoms with Gasteiger partial charge in [-0.2, -0.15) is 15.1 Å². The molecule has 0 bridgehead atoms. The van der Waals surface area contributed by atoms with Gasteiger partial charge in [-0.15, -0.1) is 0 Å². The van der Waals surface area contributed by atoms with E-state index in [0.29, 0.717) is 6.54 Å². The van der Waals surface area contributed by atoms with Crippen molar-refractivity contribution in [2.45, 2.75) is 50.4 Å². The van der Waals surface area contributed by atoms with Gasteiger partial charge in [0.2, 0.25) is 5.95 Å². The van der Waals surface area contributed by atoms with Gasteiger partial charge in [0, 0.05) is 6.54 Å². The summed E-state index contributed by atoms with van der Waals surface area (Å²) in [6.07, 6.45) is 3.64. The number of nitrogen functional groups attached to an aromatic ring is 1. The minimum absolute atomic E-state index is 0.0737. The number of nitrogens with zero attached hydrogens (tertiary/aromatic N) is 5. The van der Waals surface area contributed by atoms with Crippen molar-refractivity contribution in [2.24, 2.45) is 5.10 Å². The first-order valence-corrected chi connectivity index (χ1v) is 12.1. The summed E-state index contributed by atoms with van der Waals surface area (Å²) in [5.41, 5.74) is 9.27. The van der Waals surface area contributed by atoms with Crippen LogP contribution in [0.25, 0.3) is 11.2 Å². The monoisotopic (exact) mass is 494 g/mol. The van der Waals surface area contributed by atoms with Gasteiger partial charge >= 0.3 is 7.82 Å². The van der Waals surface area contributed by atoms with Crippen LogP contribution in [0.15, 0.2) is 23.8 Å². The maximum absolute atomic E-state index is 12.5. The van der Waals surface area contributed by atoms with E-state index < -0.39 is 38.3 Å². The third-order valence-corrected chi connectivity index (χ3v) is 6.42. The number of ether oxygens (including phenoxy) is 2. The molecule has 5 heterocycles. The van der Waals surface area contributed by atoms with Crippen LogP contribution in [0.3, 0.4) is 0 Å². The number of hydrogen-bond donors (Lipinski definition) is 4. The summed E-state index contributed by atoms with van der Waals surface area (Å²) in [7, 11) is -4.36. The van der Waals surface area contributed by atoms with Crippen LogP contribution in [-0.4, -0.2) is 67.5 Å². The molecule has 16 heteroatoms. The fourth-order valence-electron chi connectivity index (χ4n) is 3.92. The number of phosphoric ester groups is 1. The largest absolute Gasteiger partial charge is 0.493 e. The molecule has 5 rings (SSSR count).